The molecule has 7 heteroatoms. The number of nitrogens with zero attached hydrogens (tertiary/aromatic N) is 3. The van der Waals surface area contributed by atoms with E-state index in [2.05, 4.69) is 9.97 Å². The van der Waals surface area contributed by atoms with Gasteiger partial charge in [0.15, 0.2) is 0 Å². The molecule has 0 spiro atoms. The van der Waals surface area contributed by atoms with Gasteiger partial charge >= 0.3 is 5.91 Å². The van der Waals surface area contributed by atoms with Crippen LogP contribution in [0.2, 0.25) is 0 Å². The Balaban J connectivity index is 1.61. The molecule has 29 heavy (non-hydrogen) atoms. The zero-order valence-corrected chi connectivity index (χ0v) is 16.7. The van der Waals surface area contributed by atoms with E-state index in [1.54, 1.807) is 24.4 Å². The number of nitrogens with one attached hydrogen (secondary N) is 1. The molecule has 1 amide bonds. The SMILES string of the molecule is O=C(c1cc2c(=O)n3ccccc3nc2s1)N(c1cccc[nH+]1)C1CCCCC1. The van der Waals surface area contributed by atoms with Gasteiger partial charge in [-0.1, -0.05) is 18.6 Å². The van der Waals surface area contributed by atoms with Crippen LogP contribution in [0.25, 0.3) is 15.9 Å². The number of fused-ring (bicyclic) bond motifs is 2. The molecule has 4 heterocycles. The number of pyridine rings is 2. The largest absolute Gasteiger partial charge is 0.351 e. The molecule has 1 saturated carbocycles. The van der Waals surface area contributed by atoms with Crippen molar-refractivity contribution in [3.63, 3.8) is 0 Å². The normalized spacial score (nSPS) is 15.0. The summed E-state index contributed by atoms with van der Waals surface area (Å²) in [7, 11) is 0. The lowest BCUT2D eigenvalue weighted by Crippen LogP contribution is -2.44. The Bertz CT molecular complexity index is 1240. The molecule has 0 unspecified atom stereocenters. The van der Waals surface area contributed by atoms with E-state index in [1.807, 2.05) is 35.4 Å². The molecule has 0 bridgehead atoms. The molecule has 0 aromatic carbocycles. The molecule has 0 radical (unpaired) electrons. The first-order valence-corrected chi connectivity index (χ1v) is 10.8. The first-order valence-electron chi connectivity index (χ1n) is 9.93. The van der Waals surface area contributed by atoms with Gasteiger partial charge in [0, 0.05) is 12.3 Å². The fourth-order valence-corrected chi connectivity index (χ4v) is 5.08. The van der Waals surface area contributed by atoms with Crippen molar-refractivity contribution in [2.24, 2.45) is 0 Å². The average molecular weight is 406 g/mol. The highest BCUT2D eigenvalue weighted by Crippen LogP contribution is 2.30. The standard InChI is InChI=1S/C22H20N4O2S/c27-21-16-14-17(29-20(16)24-19-11-5-7-13-25(19)21)22(28)26(15-8-2-1-3-9-15)18-10-4-6-12-23-18/h4-7,10-15H,1-3,8-9H2/p+1. The van der Waals surface area contributed by atoms with E-state index in [1.165, 1.54) is 22.2 Å². The lowest BCUT2D eigenvalue weighted by molar-refractivity contribution is -0.363. The van der Waals surface area contributed by atoms with Crippen molar-refractivity contribution in [3.8, 4) is 0 Å². The lowest BCUT2D eigenvalue weighted by Gasteiger charge is -2.27. The van der Waals surface area contributed by atoms with E-state index < -0.39 is 0 Å². The maximum absolute atomic E-state index is 13.6. The molecule has 1 aliphatic carbocycles. The van der Waals surface area contributed by atoms with E-state index in [0.717, 1.165) is 31.5 Å². The molecule has 1 aliphatic rings. The van der Waals surface area contributed by atoms with Crippen LogP contribution in [-0.2, 0) is 0 Å². The molecular formula is C22H21N4O2S+. The van der Waals surface area contributed by atoms with Crippen LogP contribution in [0.1, 0.15) is 41.8 Å². The second-order valence-electron chi connectivity index (χ2n) is 7.39. The lowest BCUT2D eigenvalue weighted by atomic mass is 9.94. The topological polar surface area (TPSA) is 68.8 Å². The summed E-state index contributed by atoms with van der Waals surface area (Å²) in [5.74, 6) is 0.715. The van der Waals surface area contributed by atoms with Gasteiger partial charge in [0.1, 0.15) is 21.4 Å². The Hall–Kier alpha value is -3.06. The van der Waals surface area contributed by atoms with Gasteiger partial charge in [0.05, 0.1) is 11.6 Å². The van der Waals surface area contributed by atoms with Crippen molar-refractivity contribution in [1.82, 2.24) is 9.38 Å². The molecule has 1 N–H and O–H groups in total. The molecule has 0 aliphatic heterocycles. The predicted octanol–water partition coefficient (Wildman–Crippen LogP) is 3.70. The molecule has 0 atom stereocenters. The number of hydrogen-bond donors (Lipinski definition) is 0. The van der Waals surface area contributed by atoms with E-state index in [0.29, 0.717) is 20.7 Å². The number of aromatic amines is 1. The summed E-state index contributed by atoms with van der Waals surface area (Å²) in [5, 5.41) is 0.489. The fourth-order valence-electron chi connectivity index (χ4n) is 4.12. The van der Waals surface area contributed by atoms with Gasteiger partial charge in [-0.3, -0.25) is 9.20 Å². The second-order valence-corrected chi connectivity index (χ2v) is 8.42. The van der Waals surface area contributed by atoms with E-state index in [4.69, 9.17) is 0 Å². The van der Waals surface area contributed by atoms with Crippen molar-refractivity contribution < 1.29 is 9.78 Å². The van der Waals surface area contributed by atoms with Crippen LogP contribution in [0.4, 0.5) is 5.82 Å². The van der Waals surface area contributed by atoms with Crippen LogP contribution < -0.4 is 15.4 Å². The molecule has 4 aromatic heterocycles. The monoisotopic (exact) mass is 405 g/mol. The second kappa shape index (κ2) is 7.40. The highest BCUT2D eigenvalue weighted by molar-refractivity contribution is 7.20. The van der Waals surface area contributed by atoms with Gasteiger partial charge < -0.3 is 0 Å². The Morgan fingerprint density at radius 1 is 1.14 bits per heavy atom. The maximum atomic E-state index is 13.6. The first kappa shape index (κ1) is 18.0. The summed E-state index contributed by atoms with van der Waals surface area (Å²) in [6.45, 7) is 0. The zero-order chi connectivity index (χ0) is 19.8. The van der Waals surface area contributed by atoms with Crippen molar-refractivity contribution in [1.29, 1.82) is 0 Å². The van der Waals surface area contributed by atoms with Crippen LogP contribution in [0.15, 0.2) is 59.7 Å². The molecule has 6 nitrogen and oxygen atoms in total. The number of rotatable bonds is 3. The quantitative estimate of drug-likeness (QED) is 0.522. The number of amides is 1. The Labute approximate surface area is 171 Å². The van der Waals surface area contributed by atoms with Gasteiger partial charge in [-0.15, -0.1) is 11.3 Å². The fraction of sp³-hybridized carbons (Fsp3) is 0.273. The van der Waals surface area contributed by atoms with Crippen LogP contribution in [0.3, 0.4) is 0 Å². The summed E-state index contributed by atoms with van der Waals surface area (Å²) in [6.07, 6.45) is 8.99. The van der Waals surface area contributed by atoms with Crippen LogP contribution in [0, 0.1) is 0 Å². The number of carbonyl (C=O) groups excluding carboxylic acids is 1. The summed E-state index contributed by atoms with van der Waals surface area (Å²) < 4.78 is 1.52. The summed E-state index contributed by atoms with van der Waals surface area (Å²) in [4.78, 5) is 37.3. The Morgan fingerprint density at radius 3 is 2.76 bits per heavy atom. The van der Waals surface area contributed by atoms with Gasteiger partial charge in [-0.05, 0) is 49.9 Å². The molecule has 0 saturated heterocycles. The van der Waals surface area contributed by atoms with E-state index >= 15 is 0 Å². The highest BCUT2D eigenvalue weighted by Gasteiger charge is 2.36. The third-order valence-electron chi connectivity index (χ3n) is 5.54. The van der Waals surface area contributed by atoms with Crippen molar-refractivity contribution >= 4 is 38.9 Å². The van der Waals surface area contributed by atoms with Crippen molar-refractivity contribution in [2.45, 2.75) is 38.1 Å². The Kier molecular flexibility index (Phi) is 4.60. The maximum Gasteiger partial charge on any atom is 0.351 e. The minimum absolute atomic E-state index is 0.0733. The van der Waals surface area contributed by atoms with Crippen LogP contribution >= 0.6 is 11.3 Å². The van der Waals surface area contributed by atoms with Gasteiger partial charge in [-0.25, -0.2) is 14.8 Å². The van der Waals surface area contributed by atoms with Gasteiger partial charge in [0.2, 0.25) is 0 Å². The number of hydrogen-bond acceptors (Lipinski definition) is 4. The number of aromatic nitrogens is 3. The number of thiophene rings is 1. The van der Waals surface area contributed by atoms with Crippen molar-refractivity contribution in [3.05, 3.63) is 70.1 Å². The highest BCUT2D eigenvalue weighted by atomic mass is 32.1. The van der Waals surface area contributed by atoms with Crippen LogP contribution in [-0.4, -0.2) is 21.3 Å². The smallest absolute Gasteiger partial charge is 0.268 e. The third-order valence-corrected chi connectivity index (χ3v) is 6.55. The molecular weight excluding hydrogens is 384 g/mol. The molecule has 146 valence electrons. The third kappa shape index (κ3) is 3.21. The first-order chi connectivity index (χ1) is 14.2. The van der Waals surface area contributed by atoms with E-state index in [-0.39, 0.29) is 17.5 Å². The minimum Gasteiger partial charge on any atom is -0.268 e. The minimum atomic E-state index is -0.142. The number of carbonyl (C=O) groups is 1. The van der Waals surface area contributed by atoms with Gasteiger partial charge in [-0.2, -0.15) is 4.90 Å². The summed E-state index contributed by atoms with van der Waals surface area (Å²) in [5.41, 5.74) is 0.447. The summed E-state index contributed by atoms with van der Waals surface area (Å²) in [6, 6.07) is 13.1. The molecule has 1 fully saturated rings. The van der Waals surface area contributed by atoms with Gasteiger partial charge in [0.25, 0.3) is 11.4 Å². The van der Waals surface area contributed by atoms with Crippen molar-refractivity contribution in [2.75, 3.05) is 4.90 Å². The van der Waals surface area contributed by atoms with Crippen LogP contribution in [0.5, 0.6) is 0 Å². The summed E-state index contributed by atoms with van der Waals surface area (Å²) >= 11 is 1.29. The molecule has 5 rings (SSSR count). The predicted molar refractivity (Wildman–Crippen MR) is 114 cm³/mol. The van der Waals surface area contributed by atoms with E-state index in [9.17, 15) is 9.59 Å². The molecule has 4 aromatic rings. The Morgan fingerprint density at radius 2 is 1.97 bits per heavy atom. The average Bonchev–Trinajstić information content (AvgIpc) is 3.20. The number of H-pyrrole nitrogens is 1. The number of anilines is 1. The zero-order valence-electron chi connectivity index (χ0n) is 15.9.